The Morgan fingerprint density at radius 3 is 2.20 bits per heavy atom. The number of carbonyl (C=O) groups is 1. The Kier molecular flexibility index (Phi) is 7.32. The number of hydrogen-bond donors (Lipinski definition) is 1. The zero-order valence-electron chi connectivity index (χ0n) is 18.7. The number of alkyl halides is 6. The quantitative estimate of drug-likeness (QED) is 0.299. The zero-order chi connectivity index (χ0) is 26.1. The van der Waals surface area contributed by atoms with Crippen molar-refractivity contribution in [2.75, 3.05) is 13.6 Å². The fourth-order valence-corrected chi connectivity index (χ4v) is 4.12. The van der Waals surface area contributed by atoms with Crippen LogP contribution in [-0.2, 0) is 18.9 Å². The summed E-state index contributed by atoms with van der Waals surface area (Å²) < 4.78 is 92.7. The molecule has 2 aromatic carbocycles. The summed E-state index contributed by atoms with van der Waals surface area (Å²) in [6.07, 6.45) is -9.66. The molecule has 12 heteroatoms. The number of amides is 2. The number of halogens is 7. The second-order valence-corrected chi connectivity index (χ2v) is 8.38. The van der Waals surface area contributed by atoms with Gasteiger partial charge in [-0.15, -0.1) is 0 Å². The van der Waals surface area contributed by atoms with E-state index in [1.165, 1.54) is 30.1 Å². The highest BCUT2D eigenvalue weighted by Gasteiger charge is 2.38. The highest BCUT2D eigenvalue weighted by atomic mass is 19.4. The number of piperidine rings is 1. The molecule has 5 nitrogen and oxygen atoms in total. The van der Waals surface area contributed by atoms with Crippen molar-refractivity contribution >= 4 is 11.7 Å². The van der Waals surface area contributed by atoms with Crippen molar-refractivity contribution in [2.24, 2.45) is 5.16 Å². The summed E-state index contributed by atoms with van der Waals surface area (Å²) in [6.45, 7) is 1.20. The lowest BCUT2D eigenvalue weighted by Crippen LogP contribution is -2.47. The Hall–Kier alpha value is -3.31. The van der Waals surface area contributed by atoms with Crippen LogP contribution in [-0.4, -0.2) is 40.3 Å². The molecular formula is C23H22F7N3O2. The zero-order valence-corrected chi connectivity index (χ0v) is 18.7. The van der Waals surface area contributed by atoms with Crippen molar-refractivity contribution in [1.29, 1.82) is 0 Å². The minimum Gasteiger partial charge on any atom is -0.411 e. The van der Waals surface area contributed by atoms with Gasteiger partial charge in [-0.3, -0.25) is 0 Å². The smallest absolute Gasteiger partial charge is 0.411 e. The lowest BCUT2D eigenvalue weighted by Gasteiger charge is -2.39. The second-order valence-electron chi connectivity index (χ2n) is 8.38. The molecule has 1 N–H and O–H groups in total. The largest absolute Gasteiger partial charge is 0.416 e. The van der Waals surface area contributed by atoms with Crippen LogP contribution in [0.5, 0.6) is 0 Å². The first-order chi connectivity index (χ1) is 16.2. The summed E-state index contributed by atoms with van der Waals surface area (Å²) in [5.41, 5.74) is -1.77. The molecule has 0 aromatic heterocycles. The Morgan fingerprint density at radius 1 is 1.09 bits per heavy atom. The lowest BCUT2D eigenvalue weighted by atomic mass is 9.91. The van der Waals surface area contributed by atoms with Crippen LogP contribution >= 0.6 is 0 Å². The molecule has 2 amide bonds. The number of likely N-dealkylation sites (tertiary alicyclic amines) is 1. The highest BCUT2D eigenvalue weighted by molar-refractivity contribution is 5.88. The number of aryl methyl sites for hydroxylation is 1. The molecule has 0 spiro atoms. The molecule has 0 unspecified atom stereocenters. The summed E-state index contributed by atoms with van der Waals surface area (Å²) >= 11 is 0. The Bertz CT molecular complexity index is 1100. The molecule has 190 valence electrons. The van der Waals surface area contributed by atoms with Crippen LogP contribution < -0.4 is 0 Å². The number of urea groups is 1. The molecule has 0 aliphatic carbocycles. The van der Waals surface area contributed by atoms with Crippen LogP contribution in [0.3, 0.4) is 0 Å². The molecule has 1 aliphatic heterocycles. The maximum Gasteiger partial charge on any atom is 0.416 e. The summed E-state index contributed by atoms with van der Waals surface area (Å²) in [4.78, 5) is 15.7. The monoisotopic (exact) mass is 505 g/mol. The average Bonchev–Trinajstić information content (AvgIpc) is 2.77. The minimum absolute atomic E-state index is 0.0268. The van der Waals surface area contributed by atoms with Crippen LogP contribution in [0.1, 0.15) is 46.7 Å². The van der Waals surface area contributed by atoms with E-state index in [-0.39, 0.29) is 31.0 Å². The third kappa shape index (κ3) is 6.04. The van der Waals surface area contributed by atoms with Crippen molar-refractivity contribution in [2.45, 2.75) is 44.7 Å². The van der Waals surface area contributed by atoms with E-state index in [9.17, 15) is 40.7 Å². The lowest BCUT2D eigenvalue weighted by molar-refractivity contribution is -0.143. The van der Waals surface area contributed by atoms with Crippen molar-refractivity contribution in [3.63, 3.8) is 0 Å². The third-order valence-corrected chi connectivity index (χ3v) is 5.82. The first-order valence-electron chi connectivity index (χ1n) is 10.5. The van der Waals surface area contributed by atoms with Gasteiger partial charge in [-0.25, -0.2) is 9.18 Å². The first kappa shape index (κ1) is 26.3. The summed E-state index contributed by atoms with van der Waals surface area (Å²) in [5, 5.41) is 12.4. The van der Waals surface area contributed by atoms with E-state index in [1.807, 2.05) is 0 Å². The van der Waals surface area contributed by atoms with Gasteiger partial charge < -0.3 is 15.0 Å². The van der Waals surface area contributed by atoms with E-state index in [2.05, 4.69) is 5.16 Å². The minimum atomic E-state index is -5.00. The normalized spacial score (nSPS) is 18.1. The molecule has 1 atom stereocenters. The topological polar surface area (TPSA) is 56.1 Å². The SMILES string of the molecule is Cc1cc(F)ccc1[C@H]1C/C(=N/O)CCN1C(=O)N(C)Cc1cc(C(F)(F)F)cc(C(F)(F)F)c1. The molecule has 35 heavy (non-hydrogen) atoms. The van der Waals surface area contributed by atoms with E-state index < -0.39 is 47.9 Å². The Balaban J connectivity index is 1.91. The van der Waals surface area contributed by atoms with Gasteiger partial charge in [-0.2, -0.15) is 26.3 Å². The van der Waals surface area contributed by atoms with Crippen molar-refractivity contribution in [3.05, 3.63) is 70.0 Å². The van der Waals surface area contributed by atoms with Gasteiger partial charge in [0, 0.05) is 33.0 Å². The van der Waals surface area contributed by atoms with Crippen LogP contribution in [0.15, 0.2) is 41.6 Å². The fraction of sp³-hybridized carbons (Fsp3) is 0.391. The number of rotatable bonds is 3. The van der Waals surface area contributed by atoms with E-state index in [0.29, 0.717) is 29.0 Å². The molecule has 1 fully saturated rings. The molecule has 1 saturated heterocycles. The molecule has 1 aliphatic rings. The van der Waals surface area contributed by atoms with E-state index >= 15 is 0 Å². The van der Waals surface area contributed by atoms with Crippen molar-refractivity contribution in [1.82, 2.24) is 9.80 Å². The van der Waals surface area contributed by atoms with Gasteiger partial charge >= 0.3 is 18.4 Å². The molecule has 2 aromatic rings. The summed E-state index contributed by atoms with van der Waals surface area (Å²) in [6, 6.07) is 3.82. The van der Waals surface area contributed by atoms with Crippen LogP contribution in [0.2, 0.25) is 0 Å². The van der Waals surface area contributed by atoms with Crippen LogP contribution in [0, 0.1) is 12.7 Å². The number of benzene rings is 2. The molecule has 3 rings (SSSR count). The van der Waals surface area contributed by atoms with Gasteiger partial charge in [0.15, 0.2) is 0 Å². The van der Waals surface area contributed by atoms with Crippen molar-refractivity contribution in [3.8, 4) is 0 Å². The van der Waals surface area contributed by atoms with Crippen LogP contribution in [0.25, 0.3) is 0 Å². The molecule has 0 saturated carbocycles. The number of hydrogen-bond acceptors (Lipinski definition) is 3. The summed E-state index contributed by atoms with van der Waals surface area (Å²) in [5.74, 6) is -0.488. The maximum absolute atomic E-state index is 13.6. The summed E-state index contributed by atoms with van der Waals surface area (Å²) in [7, 11) is 1.26. The number of carbonyl (C=O) groups excluding carboxylic acids is 1. The first-order valence-corrected chi connectivity index (χ1v) is 10.5. The molecule has 0 radical (unpaired) electrons. The van der Waals surface area contributed by atoms with E-state index in [1.54, 1.807) is 6.92 Å². The molecule has 1 heterocycles. The van der Waals surface area contributed by atoms with Crippen molar-refractivity contribution < 1.29 is 40.7 Å². The molecule has 0 bridgehead atoms. The highest BCUT2D eigenvalue weighted by Crippen LogP contribution is 2.37. The van der Waals surface area contributed by atoms with Gasteiger partial charge in [-0.05, 0) is 53.9 Å². The predicted octanol–water partition coefficient (Wildman–Crippen LogP) is 6.39. The Labute approximate surface area is 196 Å². The van der Waals surface area contributed by atoms with E-state index in [4.69, 9.17) is 0 Å². The number of oxime groups is 1. The van der Waals surface area contributed by atoms with Crippen LogP contribution in [0.4, 0.5) is 35.5 Å². The maximum atomic E-state index is 13.6. The van der Waals surface area contributed by atoms with Gasteiger partial charge in [0.25, 0.3) is 0 Å². The van der Waals surface area contributed by atoms with Gasteiger partial charge in [0.1, 0.15) is 5.82 Å². The fourth-order valence-electron chi connectivity index (χ4n) is 4.12. The average molecular weight is 505 g/mol. The van der Waals surface area contributed by atoms with Gasteiger partial charge in [-0.1, -0.05) is 11.2 Å². The molecular weight excluding hydrogens is 483 g/mol. The second kappa shape index (κ2) is 9.74. The number of nitrogens with zero attached hydrogens (tertiary/aromatic N) is 3. The standard InChI is InChI=1S/C23H22F7N3O2/c1-13-7-17(24)3-4-19(13)20-11-18(31-35)5-6-33(20)21(34)32(2)12-14-8-15(22(25,26)27)10-16(9-14)23(28,29)30/h3-4,7-10,20,35H,5-6,11-12H2,1-2H3/b31-18+/t20-/m1/s1. The third-order valence-electron chi connectivity index (χ3n) is 5.82. The van der Waals surface area contributed by atoms with E-state index in [0.717, 1.165) is 4.90 Å². The van der Waals surface area contributed by atoms with Gasteiger partial charge in [0.2, 0.25) is 0 Å². The van der Waals surface area contributed by atoms with Gasteiger partial charge in [0.05, 0.1) is 22.9 Å². The Morgan fingerprint density at radius 2 is 1.69 bits per heavy atom. The predicted molar refractivity (Wildman–Crippen MR) is 112 cm³/mol.